The molecule has 0 saturated carbocycles. The Balaban J connectivity index is 1.74. The van der Waals surface area contributed by atoms with Gasteiger partial charge in [0.25, 0.3) is 5.91 Å². The molecule has 3 rings (SSSR count). The Hall–Kier alpha value is -1.68. The SMILES string of the molecule is CC(=O)c1ccccc1C(=O)N1CCC2(CCNC2)CC1. The Morgan fingerprint density at radius 2 is 1.76 bits per heavy atom. The van der Waals surface area contributed by atoms with Crippen molar-refractivity contribution in [1.82, 2.24) is 10.2 Å². The van der Waals surface area contributed by atoms with Gasteiger partial charge in [-0.1, -0.05) is 18.2 Å². The molecule has 0 radical (unpaired) electrons. The molecule has 1 amide bonds. The normalized spacial score (nSPS) is 20.7. The first-order valence-corrected chi connectivity index (χ1v) is 7.71. The second-order valence-electron chi connectivity index (χ2n) is 6.32. The molecule has 2 aliphatic heterocycles. The van der Waals surface area contributed by atoms with Gasteiger partial charge in [0.2, 0.25) is 0 Å². The van der Waals surface area contributed by atoms with Crippen molar-refractivity contribution in [2.45, 2.75) is 26.2 Å². The lowest BCUT2D eigenvalue weighted by molar-refractivity contribution is 0.0604. The van der Waals surface area contributed by atoms with E-state index in [1.54, 1.807) is 12.1 Å². The first-order chi connectivity index (χ1) is 10.1. The molecular weight excluding hydrogens is 264 g/mol. The third kappa shape index (κ3) is 2.72. The Morgan fingerprint density at radius 3 is 2.33 bits per heavy atom. The van der Waals surface area contributed by atoms with Crippen LogP contribution in [0.5, 0.6) is 0 Å². The smallest absolute Gasteiger partial charge is 0.254 e. The minimum absolute atomic E-state index is 0.00149. The molecular formula is C17H22N2O2. The molecule has 1 aromatic rings. The molecule has 0 aliphatic carbocycles. The zero-order valence-corrected chi connectivity index (χ0v) is 12.5. The van der Waals surface area contributed by atoms with E-state index in [9.17, 15) is 9.59 Å². The van der Waals surface area contributed by atoms with Gasteiger partial charge >= 0.3 is 0 Å². The molecule has 1 aromatic carbocycles. The number of carbonyl (C=O) groups is 2. The number of nitrogens with one attached hydrogen (secondary N) is 1. The predicted octanol–water partition coefficient (Wildman–Crippen LogP) is 2.10. The molecule has 0 unspecified atom stereocenters. The molecule has 2 heterocycles. The first-order valence-electron chi connectivity index (χ1n) is 7.71. The number of carbonyl (C=O) groups excluding carboxylic acids is 2. The van der Waals surface area contributed by atoms with Crippen LogP contribution in [0.2, 0.25) is 0 Å². The van der Waals surface area contributed by atoms with Crippen LogP contribution in [0, 0.1) is 5.41 Å². The minimum atomic E-state index is -0.0487. The third-order valence-corrected chi connectivity index (χ3v) is 4.98. The molecule has 4 heteroatoms. The lowest BCUT2D eigenvalue weighted by atomic mass is 9.77. The number of nitrogens with zero attached hydrogens (tertiary/aromatic N) is 1. The summed E-state index contributed by atoms with van der Waals surface area (Å²) in [4.78, 5) is 26.3. The lowest BCUT2D eigenvalue weighted by Crippen LogP contribution is -2.44. The zero-order valence-electron chi connectivity index (χ0n) is 12.5. The second kappa shape index (κ2) is 5.60. The number of hydrogen-bond donors (Lipinski definition) is 1. The van der Waals surface area contributed by atoms with Gasteiger partial charge in [-0.2, -0.15) is 0 Å². The predicted molar refractivity (Wildman–Crippen MR) is 81.5 cm³/mol. The maximum Gasteiger partial charge on any atom is 0.254 e. The molecule has 21 heavy (non-hydrogen) atoms. The van der Waals surface area contributed by atoms with Gasteiger partial charge in [0.15, 0.2) is 5.78 Å². The topological polar surface area (TPSA) is 49.4 Å². The molecule has 2 fully saturated rings. The molecule has 2 aliphatic rings. The van der Waals surface area contributed by atoms with Crippen molar-refractivity contribution in [3.63, 3.8) is 0 Å². The van der Waals surface area contributed by atoms with E-state index in [1.807, 2.05) is 17.0 Å². The maximum absolute atomic E-state index is 12.7. The molecule has 0 atom stereocenters. The number of benzene rings is 1. The first kappa shape index (κ1) is 14.3. The molecule has 0 aromatic heterocycles. The Bertz CT molecular complexity index is 552. The number of Topliss-reactive ketones (excluding diaryl/α,β-unsaturated/α-hetero) is 1. The number of rotatable bonds is 2. The molecule has 0 bridgehead atoms. The monoisotopic (exact) mass is 286 g/mol. The Kier molecular flexibility index (Phi) is 3.81. The average Bonchev–Trinajstić information content (AvgIpc) is 2.95. The summed E-state index contributed by atoms with van der Waals surface area (Å²) in [5.41, 5.74) is 1.48. The van der Waals surface area contributed by atoms with Gasteiger partial charge in [0, 0.05) is 25.2 Å². The molecule has 2 saturated heterocycles. The number of amides is 1. The van der Waals surface area contributed by atoms with Crippen LogP contribution in [-0.4, -0.2) is 42.8 Å². The van der Waals surface area contributed by atoms with E-state index in [0.29, 0.717) is 16.5 Å². The number of likely N-dealkylation sites (tertiary alicyclic amines) is 1. The maximum atomic E-state index is 12.7. The van der Waals surface area contributed by atoms with E-state index in [2.05, 4.69) is 5.32 Å². The summed E-state index contributed by atoms with van der Waals surface area (Å²) >= 11 is 0. The zero-order chi connectivity index (χ0) is 14.9. The fraction of sp³-hybridized carbons (Fsp3) is 0.529. The van der Waals surface area contributed by atoms with Crippen molar-refractivity contribution < 1.29 is 9.59 Å². The van der Waals surface area contributed by atoms with Gasteiger partial charge in [-0.3, -0.25) is 9.59 Å². The number of piperidine rings is 1. The van der Waals surface area contributed by atoms with E-state index < -0.39 is 0 Å². The number of ketones is 1. The van der Waals surface area contributed by atoms with Crippen LogP contribution in [0.3, 0.4) is 0 Å². The summed E-state index contributed by atoms with van der Waals surface area (Å²) < 4.78 is 0. The van der Waals surface area contributed by atoms with E-state index in [0.717, 1.165) is 39.0 Å². The lowest BCUT2D eigenvalue weighted by Gasteiger charge is -2.39. The van der Waals surface area contributed by atoms with Crippen LogP contribution in [0.15, 0.2) is 24.3 Å². The Morgan fingerprint density at radius 1 is 1.10 bits per heavy atom. The van der Waals surface area contributed by atoms with Gasteiger partial charge in [-0.25, -0.2) is 0 Å². The van der Waals surface area contributed by atoms with Gasteiger partial charge in [-0.15, -0.1) is 0 Å². The second-order valence-corrected chi connectivity index (χ2v) is 6.32. The van der Waals surface area contributed by atoms with Crippen molar-refractivity contribution in [3.8, 4) is 0 Å². The summed E-state index contributed by atoms with van der Waals surface area (Å²) in [5, 5.41) is 3.43. The van der Waals surface area contributed by atoms with Crippen LogP contribution in [-0.2, 0) is 0 Å². The van der Waals surface area contributed by atoms with E-state index >= 15 is 0 Å². The Labute approximate surface area is 125 Å². The highest BCUT2D eigenvalue weighted by molar-refractivity contribution is 6.07. The van der Waals surface area contributed by atoms with Crippen molar-refractivity contribution in [3.05, 3.63) is 35.4 Å². The van der Waals surface area contributed by atoms with Crippen LogP contribution >= 0.6 is 0 Å². The standard InChI is InChI=1S/C17H22N2O2/c1-13(20)14-4-2-3-5-15(14)16(21)19-10-7-17(8-11-19)6-9-18-12-17/h2-5,18H,6-12H2,1H3. The van der Waals surface area contributed by atoms with Gasteiger partial charge in [-0.05, 0) is 44.2 Å². The van der Waals surface area contributed by atoms with Crippen molar-refractivity contribution >= 4 is 11.7 Å². The highest BCUT2D eigenvalue weighted by Crippen LogP contribution is 2.37. The fourth-order valence-electron chi connectivity index (χ4n) is 3.55. The fourth-order valence-corrected chi connectivity index (χ4v) is 3.55. The summed E-state index contributed by atoms with van der Waals surface area (Å²) in [7, 11) is 0. The van der Waals surface area contributed by atoms with Crippen LogP contribution in [0.1, 0.15) is 46.9 Å². The van der Waals surface area contributed by atoms with Gasteiger partial charge in [0.1, 0.15) is 0 Å². The molecule has 1 N–H and O–H groups in total. The van der Waals surface area contributed by atoms with Crippen molar-refractivity contribution in [1.29, 1.82) is 0 Å². The summed E-state index contributed by atoms with van der Waals surface area (Å²) in [6.07, 6.45) is 3.35. The highest BCUT2D eigenvalue weighted by atomic mass is 16.2. The quantitative estimate of drug-likeness (QED) is 0.847. The molecule has 112 valence electrons. The van der Waals surface area contributed by atoms with Crippen LogP contribution in [0.25, 0.3) is 0 Å². The highest BCUT2D eigenvalue weighted by Gasteiger charge is 2.38. The van der Waals surface area contributed by atoms with E-state index in [-0.39, 0.29) is 11.7 Å². The van der Waals surface area contributed by atoms with E-state index in [4.69, 9.17) is 0 Å². The van der Waals surface area contributed by atoms with Crippen molar-refractivity contribution in [2.75, 3.05) is 26.2 Å². The van der Waals surface area contributed by atoms with Crippen LogP contribution < -0.4 is 5.32 Å². The third-order valence-electron chi connectivity index (χ3n) is 4.98. The summed E-state index contributed by atoms with van der Waals surface area (Å²) in [5.74, 6) is -0.0472. The van der Waals surface area contributed by atoms with Crippen molar-refractivity contribution in [2.24, 2.45) is 5.41 Å². The van der Waals surface area contributed by atoms with E-state index in [1.165, 1.54) is 13.3 Å². The van der Waals surface area contributed by atoms with Gasteiger partial charge in [0.05, 0.1) is 5.56 Å². The van der Waals surface area contributed by atoms with Gasteiger partial charge < -0.3 is 10.2 Å². The average molecular weight is 286 g/mol. The van der Waals surface area contributed by atoms with Crippen LogP contribution in [0.4, 0.5) is 0 Å². The molecule has 4 nitrogen and oxygen atoms in total. The largest absolute Gasteiger partial charge is 0.339 e. The minimum Gasteiger partial charge on any atom is -0.339 e. The molecule has 1 spiro atoms. The number of hydrogen-bond acceptors (Lipinski definition) is 3. The summed E-state index contributed by atoms with van der Waals surface area (Å²) in [6.45, 7) is 5.29. The summed E-state index contributed by atoms with van der Waals surface area (Å²) in [6, 6.07) is 7.14.